The molecule has 0 heterocycles. The topological polar surface area (TPSA) is 86.6 Å². The van der Waals surface area contributed by atoms with Gasteiger partial charge < -0.3 is 10.2 Å². The molecule has 3 aromatic carbocycles. The van der Waals surface area contributed by atoms with Crippen molar-refractivity contribution in [2.45, 2.75) is 45.2 Å². The van der Waals surface area contributed by atoms with Crippen LogP contribution in [0.4, 0.5) is 0 Å². The van der Waals surface area contributed by atoms with Gasteiger partial charge >= 0.3 is 11.9 Å². The van der Waals surface area contributed by atoms with Crippen LogP contribution in [0.2, 0.25) is 0 Å². The molecule has 3 N–H and O–H groups in total. The van der Waals surface area contributed by atoms with Gasteiger partial charge in [-0.2, -0.15) is 0 Å². The van der Waals surface area contributed by atoms with Crippen LogP contribution in [0.3, 0.4) is 0 Å². The molecule has 0 saturated heterocycles. The first-order valence-electron chi connectivity index (χ1n) is 11.5. The molecule has 0 aromatic heterocycles. The maximum atomic E-state index is 13.1. The molecule has 3 aromatic rings. The summed E-state index contributed by atoms with van der Waals surface area (Å²) in [5.74, 6) is -2.98. The van der Waals surface area contributed by atoms with Crippen molar-refractivity contribution in [1.29, 1.82) is 0 Å². The molecule has 178 valence electrons. The van der Waals surface area contributed by atoms with Gasteiger partial charge in [-0.05, 0) is 28.5 Å². The third-order valence-electron chi connectivity index (χ3n) is 6.70. The highest BCUT2D eigenvalue weighted by Crippen LogP contribution is 2.45. The van der Waals surface area contributed by atoms with Crippen LogP contribution in [0.1, 0.15) is 50.8 Å². The van der Waals surface area contributed by atoms with Crippen LogP contribution < -0.4 is 5.32 Å². The Balaban J connectivity index is 2.41. The van der Waals surface area contributed by atoms with Gasteiger partial charge in [0, 0.05) is 0 Å². The van der Waals surface area contributed by atoms with Gasteiger partial charge in [0.05, 0.1) is 11.5 Å². The minimum absolute atomic E-state index is 0.0879. The minimum Gasteiger partial charge on any atom is -0.481 e. The van der Waals surface area contributed by atoms with E-state index in [0.29, 0.717) is 0 Å². The van der Waals surface area contributed by atoms with Crippen LogP contribution >= 0.6 is 0 Å². The van der Waals surface area contributed by atoms with E-state index in [1.807, 2.05) is 112 Å². The summed E-state index contributed by atoms with van der Waals surface area (Å²) in [5.41, 5.74) is -0.854. The molecule has 5 nitrogen and oxygen atoms in total. The van der Waals surface area contributed by atoms with Gasteiger partial charge in [-0.1, -0.05) is 119 Å². The van der Waals surface area contributed by atoms with E-state index in [-0.39, 0.29) is 6.42 Å². The smallest absolute Gasteiger partial charge is 0.324 e. The molecular formula is C29H33NO4. The van der Waals surface area contributed by atoms with Crippen molar-refractivity contribution in [3.8, 4) is 0 Å². The Hall–Kier alpha value is -3.44. The molecule has 0 radical (unpaired) electrons. The van der Waals surface area contributed by atoms with Crippen LogP contribution in [0.15, 0.2) is 91.0 Å². The Morgan fingerprint density at radius 2 is 1.09 bits per heavy atom. The molecule has 5 heteroatoms. The fourth-order valence-corrected chi connectivity index (χ4v) is 4.65. The third kappa shape index (κ3) is 4.62. The van der Waals surface area contributed by atoms with Crippen molar-refractivity contribution in [3.05, 3.63) is 108 Å². The summed E-state index contributed by atoms with van der Waals surface area (Å²) in [5, 5.41) is 24.1. The number of hydrogen-bond donors (Lipinski definition) is 3. The van der Waals surface area contributed by atoms with Crippen molar-refractivity contribution in [2.75, 3.05) is 0 Å². The zero-order valence-corrected chi connectivity index (χ0v) is 20.2. The lowest BCUT2D eigenvalue weighted by Gasteiger charge is -2.50. The van der Waals surface area contributed by atoms with Gasteiger partial charge in [0.2, 0.25) is 0 Å². The lowest BCUT2D eigenvalue weighted by Crippen LogP contribution is -2.68. The lowest BCUT2D eigenvalue weighted by molar-refractivity contribution is -0.154. The average Bonchev–Trinajstić information content (AvgIpc) is 2.82. The molecule has 3 rings (SSSR count). The number of carboxylic acid groups (broad SMARTS) is 2. The van der Waals surface area contributed by atoms with Gasteiger partial charge in [0.15, 0.2) is 0 Å². The molecule has 0 saturated carbocycles. The SMILES string of the molecule is CC(C[C@](NC(c1ccccc1)(c1ccccc1)c1ccccc1)(C(=O)O)C(C)(C)C)C(=O)O. The normalized spacial score (nSPS) is 14.7. The van der Waals surface area contributed by atoms with E-state index in [2.05, 4.69) is 5.32 Å². The average molecular weight is 460 g/mol. The Bertz CT molecular complexity index is 1010. The summed E-state index contributed by atoms with van der Waals surface area (Å²) >= 11 is 0. The summed E-state index contributed by atoms with van der Waals surface area (Å²) in [6.45, 7) is 7.08. The molecule has 0 fully saturated rings. The first kappa shape index (κ1) is 25.2. The standard InChI is InChI=1S/C29H33NO4/c1-21(25(31)32)20-28(26(33)34,27(2,3)4)30-29(22-14-8-5-9-15-22,23-16-10-6-11-17-23)24-18-12-7-13-19-24/h5-19,21,30H,20H2,1-4H3,(H,31,32)(H,33,34)/t21?,28-/m0/s1. The van der Waals surface area contributed by atoms with Gasteiger partial charge in [-0.25, -0.2) is 0 Å². The van der Waals surface area contributed by atoms with E-state index >= 15 is 0 Å². The second-order valence-electron chi connectivity index (χ2n) is 9.88. The zero-order chi connectivity index (χ0) is 25.0. The van der Waals surface area contributed by atoms with Crippen LogP contribution in [-0.4, -0.2) is 27.7 Å². The molecule has 34 heavy (non-hydrogen) atoms. The van der Waals surface area contributed by atoms with E-state index in [9.17, 15) is 19.8 Å². The molecule has 1 unspecified atom stereocenters. The minimum atomic E-state index is -1.58. The molecule has 0 bridgehead atoms. The maximum Gasteiger partial charge on any atom is 0.324 e. The fraction of sp³-hybridized carbons (Fsp3) is 0.310. The number of nitrogens with one attached hydrogen (secondary N) is 1. The summed E-state index contributed by atoms with van der Waals surface area (Å²) in [4.78, 5) is 25.0. The Morgan fingerprint density at radius 3 is 1.35 bits per heavy atom. The quantitative estimate of drug-likeness (QED) is 0.365. The van der Waals surface area contributed by atoms with Crippen molar-refractivity contribution in [3.63, 3.8) is 0 Å². The summed E-state index contributed by atoms with van der Waals surface area (Å²) in [6.07, 6.45) is -0.0879. The summed E-state index contributed by atoms with van der Waals surface area (Å²) < 4.78 is 0. The molecule has 0 spiro atoms. The van der Waals surface area contributed by atoms with Crippen molar-refractivity contribution >= 4 is 11.9 Å². The first-order chi connectivity index (χ1) is 16.0. The molecular weight excluding hydrogens is 426 g/mol. The van der Waals surface area contributed by atoms with Gasteiger partial charge in [0.25, 0.3) is 0 Å². The fourth-order valence-electron chi connectivity index (χ4n) is 4.65. The molecule has 0 amide bonds. The van der Waals surface area contributed by atoms with Crippen molar-refractivity contribution < 1.29 is 19.8 Å². The molecule has 0 aliphatic rings. The number of benzene rings is 3. The van der Waals surface area contributed by atoms with E-state index < -0.39 is 34.3 Å². The second kappa shape index (κ2) is 9.82. The van der Waals surface area contributed by atoms with E-state index in [4.69, 9.17) is 0 Å². The second-order valence-corrected chi connectivity index (χ2v) is 9.88. The van der Waals surface area contributed by atoms with Gasteiger partial charge in [-0.15, -0.1) is 0 Å². The Kier molecular flexibility index (Phi) is 7.27. The number of carbonyl (C=O) groups is 2. The zero-order valence-electron chi connectivity index (χ0n) is 20.2. The summed E-state index contributed by atoms with van der Waals surface area (Å²) in [7, 11) is 0. The van der Waals surface area contributed by atoms with Crippen LogP contribution in [0.25, 0.3) is 0 Å². The van der Waals surface area contributed by atoms with Crippen LogP contribution in [0.5, 0.6) is 0 Å². The Morgan fingerprint density at radius 1 is 0.735 bits per heavy atom. The first-order valence-corrected chi connectivity index (χ1v) is 11.5. The maximum absolute atomic E-state index is 13.1. The highest BCUT2D eigenvalue weighted by molar-refractivity contribution is 5.82. The number of carboxylic acids is 2. The van der Waals surface area contributed by atoms with Crippen molar-refractivity contribution in [1.82, 2.24) is 5.32 Å². The Labute approximate surface area is 201 Å². The largest absolute Gasteiger partial charge is 0.481 e. The van der Waals surface area contributed by atoms with Crippen molar-refractivity contribution in [2.24, 2.45) is 11.3 Å². The highest BCUT2D eigenvalue weighted by Gasteiger charge is 2.55. The predicted molar refractivity (Wildman–Crippen MR) is 134 cm³/mol. The monoisotopic (exact) mass is 459 g/mol. The third-order valence-corrected chi connectivity index (χ3v) is 6.70. The predicted octanol–water partition coefficient (Wildman–Crippen LogP) is 5.55. The van der Waals surface area contributed by atoms with Crippen LogP contribution in [-0.2, 0) is 15.1 Å². The highest BCUT2D eigenvalue weighted by atomic mass is 16.4. The molecule has 0 aliphatic heterocycles. The number of rotatable bonds is 9. The number of hydrogen-bond acceptors (Lipinski definition) is 3. The lowest BCUT2D eigenvalue weighted by atomic mass is 9.65. The van der Waals surface area contributed by atoms with Gasteiger partial charge in [-0.3, -0.25) is 14.9 Å². The van der Waals surface area contributed by atoms with E-state index in [0.717, 1.165) is 16.7 Å². The molecule has 0 aliphatic carbocycles. The van der Waals surface area contributed by atoms with Gasteiger partial charge in [0.1, 0.15) is 5.54 Å². The summed E-state index contributed by atoms with van der Waals surface area (Å²) in [6, 6.07) is 29.2. The molecule has 2 atom stereocenters. The van der Waals surface area contributed by atoms with E-state index in [1.165, 1.54) is 0 Å². The van der Waals surface area contributed by atoms with Crippen LogP contribution in [0, 0.1) is 11.3 Å². The number of aliphatic carboxylic acids is 2. The van der Waals surface area contributed by atoms with E-state index in [1.54, 1.807) is 6.92 Å².